The van der Waals surface area contributed by atoms with Crippen LogP contribution in [0.15, 0.2) is 12.3 Å². The molecule has 2 unspecified atom stereocenters. The van der Waals surface area contributed by atoms with Gasteiger partial charge in [-0.1, -0.05) is 6.92 Å². The van der Waals surface area contributed by atoms with Crippen LogP contribution < -0.4 is 5.73 Å². The molecular formula is C11H20N4O. The predicted octanol–water partition coefficient (Wildman–Crippen LogP) is 0.141. The maximum absolute atomic E-state index is 6.17. The van der Waals surface area contributed by atoms with Crippen LogP contribution in [0.1, 0.15) is 18.7 Å². The Balaban J connectivity index is 2.01. The fraction of sp³-hybridized carbons (Fsp3) is 0.727. The number of hydrogen-bond donors (Lipinski definition) is 1. The zero-order chi connectivity index (χ0) is 11.5. The summed E-state index contributed by atoms with van der Waals surface area (Å²) in [6.45, 7) is 5.87. The molecule has 0 aromatic carbocycles. The molecule has 1 aromatic rings. The maximum atomic E-state index is 6.17. The van der Waals surface area contributed by atoms with E-state index in [0.29, 0.717) is 0 Å². The number of aryl methyl sites for hydroxylation is 1. The summed E-state index contributed by atoms with van der Waals surface area (Å²) in [6, 6.07) is 1.83. The van der Waals surface area contributed by atoms with Gasteiger partial charge in [0.1, 0.15) is 0 Å². The molecule has 2 rings (SSSR count). The fourth-order valence-electron chi connectivity index (χ4n) is 2.04. The van der Waals surface area contributed by atoms with Crippen molar-refractivity contribution in [3.05, 3.63) is 18.0 Å². The second-order valence-corrected chi connectivity index (χ2v) is 4.24. The predicted molar refractivity (Wildman–Crippen MR) is 62.0 cm³/mol. The monoisotopic (exact) mass is 224 g/mol. The van der Waals surface area contributed by atoms with E-state index in [9.17, 15) is 0 Å². The third-order valence-electron chi connectivity index (χ3n) is 3.10. The van der Waals surface area contributed by atoms with Gasteiger partial charge in [0.15, 0.2) is 0 Å². The highest BCUT2D eigenvalue weighted by Gasteiger charge is 2.27. The standard InChI is InChI=1S/C11H20N4O/c1-3-15-6-7-16-10(8-15)11(12)9-4-5-14(2)13-9/h4-5,10-11H,3,6-8,12H2,1-2H3. The number of aromatic nitrogens is 2. The van der Waals surface area contributed by atoms with Gasteiger partial charge in [-0.3, -0.25) is 9.58 Å². The Labute approximate surface area is 96.2 Å². The molecule has 2 N–H and O–H groups in total. The molecule has 2 atom stereocenters. The summed E-state index contributed by atoms with van der Waals surface area (Å²) in [5, 5.41) is 4.33. The van der Waals surface area contributed by atoms with Gasteiger partial charge in [0.2, 0.25) is 0 Å². The zero-order valence-electron chi connectivity index (χ0n) is 9.97. The van der Waals surface area contributed by atoms with Gasteiger partial charge in [0.25, 0.3) is 0 Å². The highest BCUT2D eigenvalue weighted by molar-refractivity contribution is 5.07. The highest BCUT2D eigenvalue weighted by Crippen LogP contribution is 2.18. The van der Waals surface area contributed by atoms with Crippen molar-refractivity contribution in [2.75, 3.05) is 26.2 Å². The van der Waals surface area contributed by atoms with Crippen LogP contribution in [0.2, 0.25) is 0 Å². The highest BCUT2D eigenvalue weighted by atomic mass is 16.5. The lowest BCUT2D eigenvalue weighted by atomic mass is 10.1. The number of nitrogens with two attached hydrogens (primary N) is 1. The second-order valence-electron chi connectivity index (χ2n) is 4.24. The Morgan fingerprint density at radius 3 is 3.12 bits per heavy atom. The lowest BCUT2D eigenvalue weighted by Gasteiger charge is -2.34. The van der Waals surface area contributed by atoms with Crippen molar-refractivity contribution in [1.82, 2.24) is 14.7 Å². The Morgan fingerprint density at radius 1 is 1.69 bits per heavy atom. The Bertz CT molecular complexity index is 338. The summed E-state index contributed by atoms with van der Waals surface area (Å²) in [4.78, 5) is 2.36. The Kier molecular flexibility index (Phi) is 3.58. The van der Waals surface area contributed by atoms with E-state index in [2.05, 4.69) is 16.9 Å². The van der Waals surface area contributed by atoms with E-state index in [1.165, 1.54) is 0 Å². The lowest BCUT2D eigenvalue weighted by molar-refractivity contribution is -0.0399. The summed E-state index contributed by atoms with van der Waals surface area (Å²) in [5.41, 5.74) is 7.08. The number of ether oxygens (including phenoxy) is 1. The first-order chi connectivity index (χ1) is 7.70. The normalized spacial score (nSPS) is 24.6. The van der Waals surface area contributed by atoms with Crippen molar-refractivity contribution in [2.24, 2.45) is 12.8 Å². The van der Waals surface area contributed by atoms with Crippen LogP contribution in [0, 0.1) is 0 Å². The Hall–Kier alpha value is -0.910. The van der Waals surface area contributed by atoms with Gasteiger partial charge in [-0.05, 0) is 12.6 Å². The second kappa shape index (κ2) is 4.95. The van der Waals surface area contributed by atoms with Gasteiger partial charge in [0, 0.05) is 26.3 Å². The molecule has 0 bridgehead atoms. The molecule has 0 spiro atoms. The minimum Gasteiger partial charge on any atom is -0.374 e. The van der Waals surface area contributed by atoms with E-state index in [1.807, 2.05) is 19.3 Å². The average molecular weight is 224 g/mol. The van der Waals surface area contributed by atoms with Crippen molar-refractivity contribution >= 4 is 0 Å². The number of morpholine rings is 1. The summed E-state index contributed by atoms with van der Waals surface area (Å²) >= 11 is 0. The summed E-state index contributed by atoms with van der Waals surface area (Å²) in [7, 11) is 1.90. The van der Waals surface area contributed by atoms with Crippen molar-refractivity contribution in [1.29, 1.82) is 0 Å². The number of hydrogen-bond acceptors (Lipinski definition) is 4. The minimum atomic E-state index is -0.129. The molecule has 1 fully saturated rings. The van der Waals surface area contributed by atoms with E-state index < -0.39 is 0 Å². The van der Waals surface area contributed by atoms with Crippen LogP contribution in [0.4, 0.5) is 0 Å². The van der Waals surface area contributed by atoms with Gasteiger partial charge in [-0.15, -0.1) is 0 Å². The fourth-order valence-corrected chi connectivity index (χ4v) is 2.04. The summed E-state index contributed by atoms with van der Waals surface area (Å²) in [6.07, 6.45) is 1.97. The molecule has 0 saturated carbocycles. The quantitative estimate of drug-likeness (QED) is 0.793. The number of nitrogens with zero attached hydrogens (tertiary/aromatic N) is 3. The average Bonchev–Trinajstić information content (AvgIpc) is 2.75. The molecule has 16 heavy (non-hydrogen) atoms. The molecule has 1 aliphatic heterocycles. The first-order valence-electron chi connectivity index (χ1n) is 5.79. The largest absolute Gasteiger partial charge is 0.374 e. The van der Waals surface area contributed by atoms with Crippen LogP contribution in [-0.4, -0.2) is 47.0 Å². The van der Waals surface area contributed by atoms with Gasteiger partial charge >= 0.3 is 0 Å². The van der Waals surface area contributed by atoms with Crippen molar-refractivity contribution < 1.29 is 4.74 Å². The van der Waals surface area contributed by atoms with E-state index in [1.54, 1.807) is 4.68 Å². The van der Waals surface area contributed by atoms with Gasteiger partial charge in [-0.2, -0.15) is 5.10 Å². The first-order valence-corrected chi connectivity index (χ1v) is 5.79. The first kappa shape index (κ1) is 11.6. The van der Waals surface area contributed by atoms with Crippen LogP contribution in [0.5, 0.6) is 0 Å². The topological polar surface area (TPSA) is 56.3 Å². The molecule has 1 aromatic heterocycles. The Morgan fingerprint density at radius 2 is 2.50 bits per heavy atom. The number of rotatable bonds is 3. The third kappa shape index (κ3) is 2.42. The van der Waals surface area contributed by atoms with Crippen molar-refractivity contribution in [2.45, 2.75) is 19.1 Å². The van der Waals surface area contributed by atoms with Crippen molar-refractivity contribution in [3.63, 3.8) is 0 Å². The molecule has 1 aliphatic rings. The van der Waals surface area contributed by atoms with Crippen LogP contribution in [-0.2, 0) is 11.8 Å². The summed E-state index contributed by atoms with van der Waals surface area (Å²) < 4.78 is 7.49. The molecule has 5 nitrogen and oxygen atoms in total. The minimum absolute atomic E-state index is 0.0589. The lowest BCUT2D eigenvalue weighted by Crippen LogP contribution is -2.46. The molecule has 0 amide bonds. The van der Waals surface area contributed by atoms with E-state index >= 15 is 0 Å². The van der Waals surface area contributed by atoms with Gasteiger partial charge < -0.3 is 10.5 Å². The van der Waals surface area contributed by atoms with E-state index in [-0.39, 0.29) is 12.1 Å². The van der Waals surface area contributed by atoms with E-state index in [0.717, 1.165) is 31.9 Å². The molecule has 2 heterocycles. The van der Waals surface area contributed by atoms with Crippen molar-refractivity contribution in [3.8, 4) is 0 Å². The third-order valence-corrected chi connectivity index (χ3v) is 3.10. The van der Waals surface area contributed by atoms with Crippen LogP contribution in [0.25, 0.3) is 0 Å². The van der Waals surface area contributed by atoms with Gasteiger partial charge in [-0.25, -0.2) is 0 Å². The molecule has 1 saturated heterocycles. The van der Waals surface area contributed by atoms with Crippen LogP contribution in [0.3, 0.4) is 0 Å². The SMILES string of the molecule is CCN1CCOC(C(N)c2ccn(C)n2)C1. The molecule has 5 heteroatoms. The van der Waals surface area contributed by atoms with Crippen LogP contribution >= 0.6 is 0 Å². The zero-order valence-corrected chi connectivity index (χ0v) is 9.97. The smallest absolute Gasteiger partial charge is 0.0910 e. The van der Waals surface area contributed by atoms with E-state index in [4.69, 9.17) is 10.5 Å². The number of likely N-dealkylation sites (N-methyl/N-ethyl adjacent to an activating group) is 1. The van der Waals surface area contributed by atoms with Gasteiger partial charge in [0.05, 0.1) is 24.4 Å². The molecular weight excluding hydrogens is 204 g/mol. The molecule has 90 valence electrons. The summed E-state index contributed by atoms with van der Waals surface area (Å²) in [5.74, 6) is 0. The molecule has 0 radical (unpaired) electrons. The maximum Gasteiger partial charge on any atom is 0.0910 e. The molecule has 0 aliphatic carbocycles.